The number of rotatable bonds is 4. The minimum absolute atomic E-state index is 0.0150. The Morgan fingerprint density at radius 3 is 2.17 bits per heavy atom. The van der Waals surface area contributed by atoms with Crippen molar-refractivity contribution in [2.45, 2.75) is 96.5 Å². The highest BCUT2D eigenvalue weighted by molar-refractivity contribution is 9.09. The number of nitrogens with one attached hydrogen (secondary N) is 2. The van der Waals surface area contributed by atoms with Gasteiger partial charge in [-0.15, -0.1) is 11.6 Å². The fraction of sp³-hybridized carbons (Fsp3) is 0.950. The molecule has 4 nitrogen and oxygen atoms in total. The Kier molecular flexibility index (Phi) is 9.16. The topological polar surface area (TPSA) is 41.1 Å². The van der Waals surface area contributed by atoms with Crippen molar-refractivity contribution in [1.29, 1.82) is 0 Å². The van der Waals surface area contributed by atoms with Crippen LogP contribution in [-0.4, -0.2) is 62.3 Å². The summed E-state index contributed by atoms with van der Waals surface area (Å²) in [7, 11) is 0. The number of amides is 1. The van der Waals surface area contributed by atoms with Crippen LogP contribution in [0.1, 0.15) is 64.2 Å². The summed E-state index contributed by atoms with van der Waals surface area (Å²) in [5, 5.41) is 6.70. The van der Waals surface area contributed by atoms with E-state index in [0.717, 1.165) is 62.6 Å². The quantitative estimate of drug-likeness (QED) is 0.284. The summed E-state index contributed by atoms with van der Waals surface area (Å²) in [6.45, 7) is 3.13. The second-order valence-corrected chi connectivity index (χ2v) is 13.3. The van der Waals surface area contributed by atoms with E-state index < -0.39 is 9.96 Å². The molecule has 0 aromatic heterocycles. The monoisotopic (exact) mass is 550 g/mol. The van der Waals surface area contributed by atoms with Crippen molar-refractivity contribution in [2.75, 3.05) is 19.6 Å². The normalized spacial score (nSPS) is 34.4. The summed E-state index contributed by atoms with van der Waals surface area (Å²) >= 11 is 28.9. The zero-order valence-corrected chi connectivity index (χ0v) is 21.4. The molecule has 2 saturated heterocycles. The highest BCUT2D eigenvalue weighted by Crippen LogP contribution is 2.35. The lowest BCUT2D eigenvalue weighted by molar-refractivity contribution is -0.945. The average Bonchev–Trinajstić information content (AvgIpc) is 2.88. The molecule has 1 amide bonds. The minimum atomic E-state index is -1.61. The number of hydrogen-bond acceptors (Lipinski definition) is 2. The molecule has 0 bridgehead atoms. The SMILES string of the molecule is O=C(NC(NC1CCC(Cl)CC1)C(Cl)(Cl)Cl)C1CCC(Br)C[N+]12CCCCCC2. The van der Waals surface area contributed by atoms with Gasteiger partial charge >= 0.3 is 0 Å². The summed E-state index contributed by atoms with van der Waals surface area (Å²) in [5.41, 5.74) is 0. The van der Waals surface area contributed by atoms with Gasteiger partial charge in [-0.05, 0) is 57.8 Å². The third kappa shape index (κ3) is 6.76. The highest BCUT2D eigenvalue weighted by atomic mass is 79.9. The molecule has 3 fully saturated rings. The van der Waals surface area contributed by atoms with E-state index in [1.54, 1.807) is 0 Å². The van der Waals surface area contributed by atoms with Crippen LogP contribution in [0.2, 0.25) is 0 Å². The number of hydrogen-bond donors (Lipinski definition) is 2. The van der Waals surface area contributed by atoms with Gasteiger partial charge in [-0.1, -0.05) is 50.7 Å². The van der Waals surface area contributed by atoms with Gasteiger partial charge in [0.05, 0.1) is 24.5 Å². The molecule has 0 aromatic carbocycles. The van der Waals surface area contributed by atoms with Crippen molar-refractivity contribution >= 4 is 68.2 Å². The van der Waals surface area contributed by atoms with Crippen LogP contribution in [0.3, 0.4) is 0 Å². The molecule has 0 radical (unpaired) electrons. The summed E-state index contributed by atoms with van der Waals surface area (Å²) in [5.74, 6) is 0.0150. The van der Waals surface area contributed by atoms with Gasteiger partial charge in [0, 0.05) is 17.8 Å². The summed E-state index contributed by atoms with van der Waals surface area (Å²) < 4.78 is -0.741. The van der Waals surface area contributed by atoms with E-state index in [0.29, 0.717) is 4.83 Å². The van der Waals surface area contributed by atoms with E-state index in [2.05, 4.69) is 26.6 Å². The van der Waals surface area contributed by atoms with Crippen LogP contribution in [0.25, 0.3) is 0 Å². The molecule has 2 heterocycles. The third-order valence-electron chi connectivity index (χ3n) is 6.91. The first-order chi connectivity index (χ1) is 13.7. The van der Waals surface area contributed by atoms with Gasteiger partial charge in [0.25, 0.3) is 5.91 Å². The molecule has 1 saturated carbocycles. The van der Waals surface area contributed by atoms with Crippen molar-refractivity contribution in [1.82, 2.24) is 10.6 Å². The maximum atomic E-state index is 13.5. The number of alkyl halides is 5. The Hall–Kier alpha value is 1.03. The molecular formula is C20H33BrCl4N3O+. The molecule has 3 aliphatic rings. The second-order valence-electron chi connectivity index (χ2n) is 9.05. The maximum absolute atomic E-state index is 13.5. The van der Waals surface area contributed by atoms with Crippen molar-refractivity contribution in [3.8, 4) is 0 Å². The molecule has 3 atom stereocenters. The van der Waals surface area contributed by atoms with Gasteiger partial charge in [0.1, 0.15) is 6.17 Å². The predicted octanol–water partition coefficient (Wildman–Crippen LogP) is 5.26. The zero-order valence-electron chi connectivity index (χ0n) is 16.8. The van der Waals surface area contributed by atoms with E-state index in [1.165, 1.54) is 25.7 Å². The minimum Gasteiger partial charge on any atom is -0.331 e. The van der Waals surface area contributed by atoms with Gasteiger partial charge in [0.15, 0.2) is 6.04 Å². The first-order valence-corrected chi connectivity index (χ1v) is 13.5. The first-order valence-electron chi connectivity index (χ1n) is 11.0. The van der Waals surface area contributed by atoms with E-state index in [9.17, 15) is 4.79 Å². The second kappa shape index (κ2) is 10.8. The van der Waals surface area contributed by atoms with Crippen molar-refractivity contribution < 1.29 is 9.28 Å². The van der Waals surface area contributed by atoms with Crippen molar-refractivity contribution in [3.05, 3.63) is 0 Å². The smallest absolute Gasteiger partial charge is 0.279 e. The van der Waals surface area contributed by atoms with Crippen LogP contribution in [0, 0.1) is 0 Å². The number of piperidine rings is 1. The number of quaternary nitrogens is 1. The van der Waals surface area contributed by atoms with Crippen LogP contribution in [0.5, 0.6) is 0 Å². The largest absolute Gasteiger partial charge is 0.331 e. The van der Waals surface area contributed by atoms with Gasteiger partial charge in [0.2, 0.25) is 3.79 Å². The van der Waals surface area contributed by atoms with E-state index in [4.69, 9.17) is 46.4 Å². The van der Waals surface area contributed by atoms with E-state index in [-0.39, 0.29) is 23.4 Å². The summed E-state index contributed by atoms with van der Waals surface area (Å²) in [6.07, 6.45) is 9.76. The lowest BCUT2D eigenvalue weighted by atomic mass is 9.94. The first kappa shape index (κ1) is 24.7. The van der Waals surface area contributed by atoms with Crippen molar-refractivity contribution in [2.24, 2.45) is 0 Å². The average molecular weight is 553 g/mol. The Labute approximate surface area is 203 Å². The van der Waals surface area contributed by atoms with Crippen LogP contribution in [0.4, 0.5) is 0 Å². The lowest BCUT2D eigenvalue weighted by Gasteiger charge is -2.48. The lowest BCUT2D eigenvalue weighted by Crippen LogP contribution is -2.68. The molecule has 2 aliphatic heterocycles. The van der Waals surface area contributed by atoms with E-state index >= 15 is 0 Å². The van der Waals surface area contributed by atoms with Gasteiger partial charge < -0.3 is 9.80 Å². The molecule has 2 N–H and O–H groups in total. The Morgan fingerprint density at radius 2 is 1.59 bits per heavy atom. The predicted molar refractivity (Wildman–Crippen MR) is 126 cm³/mol. The van der Waals surface area contributed by atoms with Crippen LogP contribution < -0.4 is 10.6 Å². The number of carbonyl (C=O) groups is 1. The van der Waals surface area contributed by atoms with Gasteiger partial charge in [-0.25, -0.2) is 0 Å². The van der Waals surface area contributed by atoms with E-state index in [1.807, 2.05) is 0 Å². The van der Waals surface area contributed by atoms with Crippen LogP contribution >= 0.6 is 62.3 Å². The number of halogens is 5. The standard InChI is InChI=1S/C20H32BrCl4N3O/c21-14-5-10-17(28(13-14)11-3-1-2-4-12-28)18(29)27-19(20(23,24)25)26-16-8-6-15(22)7-9-16/h14-17,19,26H,1-13H2/p+1. The molecule has 3 unspecified atom stereocenters. The zero-order chi connectivity index (χ0) is 21.1. The molecule has 1 aliphatic carbocycles. The van der Waals surface area contributed by atoms with Gasteiger partial charge in [-0.2, -0.15) is 0 Å². The van der Waals surface area contributed by atoms with Gasteiger partial charge in [-0.3, -0.25) is 10.1 Å². The Balaban J connectivity index is 1.70. The fourth-order valence-electron chi connectivity index (χ4n) is 5.33. The maximum Gasteiger partial charge on any atom is 0.279 e. The molecule has 1 spiro atoms. The van der Waals surface area contributed by atoms with Crippen LogP contribution in [0.15, 0.2) is 0 Å². The molecule has 168 valence electrons. The molecule has 9 heteroatoms. The molecule has 29 heavy (non-hydrogen) atoms. The number of carbonyl (C=O) groups excluding carboxylic acids is 1. The summed E-state index contributed by atoms with van der Waals surface area (Å²) in [6, 6.07) is 0.127. The van der Waals surface area contributed by atoms with Crippen molar-refractivity contribution in [3.63, 3.8) is 0 Å². The fourth-order valence-corrected chi connectivity index (χ4v) is 6.78. The molecular weight excluding hydrogens is 520 g/mol. The summed E-state index contributed by atoms with van der Waals surface area (Å²) in [4.78, 5) is 13.9. The Bertz CT molecular complexity index is 546. The molecule has 3 rings (SSSR count). The molecule has 0 aromatic rings. The van der Waals surface area contributed by atoms with Crippen LogP contribution in [-0.2, 0) is 4.79 Å². The highest BCUT2D eigenvalue weighted by Gasteiger charge is 2.48. The third-order valence-corrected chi connectivity index (χ3v) is 8.75. The Morgan fingerprint density at radius 1 is 0.966 bits per heavy atom. The number of nitrogens with zero attached hydrogens (tertiary/aromatic N) is 1.